The summed E-state index contributed by atoms with van der Waals surface area (Å²) in [5.74, 6) is 2.46. The minimum absolute atomic E-state index is 0.763. The highest BCUT2D eigenvalue weighted by atomic mass is 15.4. The van der Waals surface area contributed by atoms with E-state index in [0.29, 0.717) is 0 Å². The Bertz CT molecular complexity index is 489. The van der Waals surface area contributed by atoms with Gasteiger partial charge < -0.3 is 5.32 Å². The molecule has 2 heterocycles. The van der Waals surface area contributed by atoms with Crippen LogP contribution in [0.1, 0.15) is 17.2 Å². The van der Waals surface area contributed by atoms with Crippen molar-refractivity contribution in [3.8, 4) is 5.82 Å². The Hall–Kier alpha value is -1.75. The Morgan fingerprint density at radius 2 is 2.19 bits per heavy atom. The maximum Gasteiger partial charge on any atom is 0.159 e. The standard InChI is InChI=1S/C11H15N5/c1-8-14-9(2)16(15-8)11-10(7-12-3)5-4-6-13-11/h4-6,12H,7H2,1-3H3. The third kappa shape index (κ3) is 1.94. The van der Waals surface area contributed by atoms with Gasteiger partial charge in [-0.05, 0) is 27.0 Å². The first kappa shape index (κ1) is 10.8. The molecule has 0 aliphatic carbocycles. The fraction of sp³-hybridized carbons (Fsp3) is 0.364. The van der Waals surface area contributed by atoms with Gasteiger partial charge in [0.1, 0.15) is 11.6 Å². The first-order valence-corrected chi connectivity index (χ1v) is 5.21. The molecule has 5 heteroatoms. The molecule has 0 saturated carbocycles. The van der Waals surface area contributed by atoms with Gasteiger partial charge in [-0.2, -0.15) is 4.68 Å². The zero-order valence-electron chi connectivity index (χ0n) is 9.73. The van der Waals surface area contributed by atoms with Crippen molar-refractivity contribution < 1.29 is 0 Å². The topological polar surface area (TPSA) is 55.6 Å². The van der Waals surface area contributed by atoms with Crippen molar-refractivity contribution in [2.45, 2.75) is 20.4 Å². The van der Waals surface area contributed by atoms with Crippen molar-refractivity contribution in [3.63, 3.8) is 0 Å². The molecule has 2 rings (SSSR count). The summed E-state index contributed by atoms with van der Waals surface area (Å²) in [6.07, 6.45) is 1.77. The summed E-state index contributed by atoms with van der Waals surface area (Å²) >= 11 is 0. The van der Waals surface area contributed by atoms with Crippen molar-refractivity contribution in [1.29, 1.82) is 0 Å². The Morgan fingerprint density at radius 3 is 2.81 bits per heavy atom. The quantitative estimate of drug-likeness (QED) is 0.833. The number of pyridine rings is 1. The van der Waals surface area contributed by atoms with Crippen LogP contribution >= 0.6 is 0 Å². The van der Waals surface area contributed by atoms with Gasteiger partial charge in [0.25, 0.3) is 0 Å². The summed E-state index contributed by atoms with van der Waals surface area (Å²) in [6.45, 7) is 4.57. The summed E-state index contributed by atoms with van der Waals surface area (Å²) in [4.78, 5) is 8.64. The number of nitrogens with one attached hydrogen (secondary N) is 1. The van der Waals surface area contributed by atoms with Crippen LogP contribution in [0.4, 0.5) is 0 Å². The normalized spacial score (nSPS) is 10.7. The van der Waals surface area contributed by atoms with E-state index in [1.54, 1.807) is 10.9 Å². The molecule has 0 amide bonds. The second kappa shape index (κ2) is 4.40. The highest BCUT2D eigenvalue weighted by Gasteiger charge is 2.09. The van der Waals surface area contributed by atoms with Gasteiger partial charge >= 0.3 is 0 Å². The van der Waals surface area contributed by atoms with Gasteiger partial charge in [0, 0.05) is 18.3 Å². The maximum atomic E-state index is 4.36. The van der Waals surface area contributed by atoms with Crippen LogP contribution in [-0.4, -0.2) is 26.8 Å². The summed E-state index contributed by atoms with van der Waals surface area (Å²) < 4.78 is 1.78. The third-order valence-corrected chi connectivity index (χ3v) is 2.31. The minimum atomic E-state index is 0.763. The van der Waals surface area contributed by atoms with Gasteiger partial charge in [-0.3, -0.25) is 0 Å². The predicted octanol–water partition coefficient (Wildman–Crippen LogP) is 0.999. The highest BCUT2D eigenvalue weighted by Crippen LogP contribution is 2.12. The molecular weight excluding hydrogens is 202 g/mol. The molecule has 5 nitrogen and oxygen atoms in total. The van der Waals surface area contributed by atoms with E-state index in [0.717, 1.165) is 29.6 Å². The minimum Gasteiger partial charge on any atom is -0.316 e. The van der Waals surface area contributed by atoms with Crippen LogP contribution in [0, 0.1) is 13.8 Å². The van der Waals surface area contributed by atoms with E-state index in [-0.39, 0.29) is 0 Å². The zero-order valence-corrected chi connectivity index (χ0v) is 9.73. The summed E-state index contributed by atoms with van der Waals surface area (Å²) in [7, 11) is 1.91. The molecule has 0 radical (unpaired) electrons. The van der Waals surface area contributed by atoms with Crippen LogP contribution in [-0.2, 0) is 6.54 Å². The number of hydrogen-bond acceptors (Lipinski definition) is 4. The molecule has 1 N–H and O–H groups in total. The second-order valence-corrected chi connectivity index (χ2v) is 3.63. The van der Waals surface area contributed by atoms with Crippen LogP contribution in [0.15, 0.2) is 18.3 Å². The van der Waals surface area contributed by atoms with E-state index < -0.39 is 0 Å². The Balaban J connectivity index is 2.50. The molecule has 0 unspecified atom stereocenters. The van der Waals surface area contributed by atoms with Crippen LogP contribution in [0.5, 0.6) is 0 Å². The molecule has 2 aromatic rings. The van der Waals surface area contributed by atoms with Gasteiger partial charge in [0.05, 0.1) is 0 Å². The first-order valence-electron chi connectivity index (χ1n) is 5.21. The van der Waals surface area contributed by atoms with Crippen LogP contribution < -0.4 is 5.32 Å². The predicted molar refractivity (Wildman–Crippen MR) is 61.4 cm³/mol. The van der Waals surface area contributed by atoms with Gasteiger partial charge in [0.2, 0.25) is 0 Å². The second-order valence-electron chi connectivity index (χ2n) is 3.63. The Kier molecular flexibility index (Phi) is 2.96. The SMILES string of the molecule is CNCc1cccnc1-n1nc(C)nc1C. The van der Waals surface area contributed by atoms with E-state index in [4.69, 9.17) is 0 Å². The van der Waals surface area contributed by atoms with Gasteiger partial charge in [0.15, 0.2) is 5.82 Å². The third-order valence-electron chi connectivity index (χ3n) is 2.31. The molecule has 0 spiro atoms. The van der Waals surface area contributed by atoms with E-state index >= 15 is 0 Å². The van der Waals surface area contributed by atoms with E-state index in [1.807, 2.05) is 33.0 Å². The van der Waals surface area contributed by atoms with Crippen molar-refractivity contribution in [2.24, 2.45) is 0 Å². The lowest BCUT2D eigenvalue weighted by Gasteiger charge is -2.08. The molecule has 0 fully saturated rings. The fourth-order valence-corrected chi connectivity index (χ4v) is 1.67. The van der Waals surface area contributed by atoms with Crippen molar-refractivity contribution in [3.05, 3.63) is 35.5 Å². The molecule has 0 atom stereocenters. The lowest BCUT2D eigenvalue weighted by Crippen LogP contribution is -2.12. The first-order chi connectivity index (χ1) is 7.72. The van der Waals surface area contributed by atoms with Gasteiger partial charge in [-0.1, -0.05) is 6.07 Å². The molecule has 0 aliphatic heterocycles. The fourth-order valence-electron chi connectivity index (χ4n) is 1.67. The lowest BCUT2D eigenvalue weighted by molar-refractivity contribution is 0.753. The Labute approximate surface area is 94.5 Å². The molecule has 2 aromatic heterocycles. The van der Waals surface area contributed by atoms with Crippen LogP contribution in [0.2, 0.25) is 0 Å². The summed E-state index contributed by atoms with van der Waals surface area (Å²) in [5.41, 5.74) is 1.11. The summed E-state index contributed by atoms with van der Waals surface area (Å²) in [6, 6.07) is 3.96. The number of hydrogen-bond donors (Lipinski definition) is 1. The largest absolute Gasteiger partial charge is 0.316 e. The molecule has 16 heavy (non-hydrogen) atoms. The van der Waals surface area contributed by atoms with Crippen molar-refractivity contribution in [1.82, 2.24) is 25.1 Å². The average molecular weight is 217 g/mol. The maximum absolute atomic E-state index is 4.36. The van der Waals surface area contributed by atoms with Crippen molar-refractivity contribution >= 4 is 0 Å². The van der Waals surface area contributed by atoms with E-state index in [9.17, 15) is 0 Å². The smallest absolute Gasteiger partial charge is 0.159 e. The molecule has 0 aliphatic rings. The number of nitrogens with zero attached hydrogens (tertiary/aromatic N) is 4. The van der Waals surface area contributed by atoms with E-state index in [1.165, 1.54) is 0 Å². The number of aromatic nitrogens is 4. The Morgan fingerprint density at radius 1 is 1.38 bits per heavy atom. The monoisotopic (exact) mass is 217 g/mol. The molecule has 0 saturated heterocycles. The van der Waals surface area contributed by atoms with Crippen LogP contribution in [0.3, 0.4) is 0 Å². The molecule has 0 bridgehead atoms. The van der Waals surface area contributed by atoms with Gasteiger partial charge in [-0.15, -0.1) is 5.10 Å². The molecular formula is C11H15N5. The van der Waals surface area contributed by atoms with E-state index in [2.05, 4.69) is 20.4 Å². The zero-order chi connectivity index (χ0) is 11.5. The van der Waals surface area contributed by atoms with Crippen LogP contribution in [0.25, 0.3) is 5.82 Å². The highest BCUT2D eigenvalue weighted by molar-refractivity contribution is 5.33. The average Bonchev–Trinajstić information content (AvgIpc) is 2.59. The van der Waals surface area contributed by atoms with Gasteiger partial charge in [-0.25, -0.2) is 9.97 Å². The number of rotatable bonds is 3. The number of aryl methyl sites for hydroxylation is 2. The molecule has 0 aromatic carbocycles. The van der Waals surface area contributed by atoms with Crippen molar-refractivity contribution in [2.75, 3.05) is 7.05 Å². The lowest BCUT2D eigenvalue weighted by atomic mass is 10.2. The summed E-state index contributed by atoms with van der Waals surface area (Å²) in [5, 5.41) is 7.46. The molecule has 84 valence electrons.